The molecule has 1 nitrogen and oxygen atoms in total. The highest BCUT2D eigenvalue weighted by Gasteiger charge is 2.30. The monoisotopic (exact) mass is 287 g/mol. The van der Waals surface area contributed by atoms with Crippen LogP contribution < -0.4 is 5.32 Å². The van der Waals surface area contributed by atoms with E-state index < -0.39 is 0 Å². The number of benzene rings is 1. The van der Waals surface area contributed by atoms with Gasteiger partial charge in [0.1, 0.15) is 0 Å². The smallest absolute Gasteiger partial charge is 0.0342 e. The van der Waals surface area contributed by atoms with Gasteiger partial charge in [-0.25, -0.2) is 0 Å². The average molecular weight is 287 g/mol. The SMILES string of the molecule is CCCCc1ccc(NC2CC(C)CCC2C(C)C)cc1. The lowest BCUT2D eigenvalue weighted by Crippen LogP contribution is -2.37. The van der Waals surface area contributed by atoms with Crippen LogP contribution in [0, 0.1) is 17.8 Å². The molecule has 1 aromatic rings. The van der Waals surface area contributed by atoms with Crippen molar-refractivity contribution in [2.24, 2.45) is 17.8 Å². The number of aryl methyl sites for hydroxylation is 1. The first-order valence-corrected chi connectivity index (χ1v) is 8.95. The van der Waals surface area contributed by atoms with Crippen molar-refractivity contribution in [2.45, 2.75) is 72.3 Å². The molecule has 0 amide bonds. The van der Waals surface area contributed by atoms with Gasteiger partial charge < -0.3 is 5.32 Å². The summed E-state index contributed by atoms with van der Waals surface area (Å²) in [5.41, 5.74) is 2.78. The number of rotatable bonds is 6. The van der Waals surface area contributed by atoms with Gasteiger partial charge >= 0.3 is 0 Å². The first kappa shape index (κ1) is 16.4. The zero-order valence-corrected chi connectivity index (χ0v) is 14.4. The largest absolute Gasteiger partial charge is 0.382 e. The van der Waals surface area contributed by atoms with E-state index in [0.717, 1.165) is 17.8 Å². The average Bonchev–Trinajstić information content (AvgIpc) is 2.46. The molecule has 3 atom stereocenters. The zero-order chi connectivity index (χ0) is 15.2. The van der Waals surface area contributed by atoms with Crippen LogP contribution in [0.5, 0.6) is 0 Å². The van der Waals surface area contributed by atoms with Gasteiger partial charge in [-0.15, -0.1) is 0 Å². The lowest BCUT2D eigenvalue weighted by molar-refractivity contribution is 0.212. The van der Waals surface area contributed by atoms with E-state index in [1.54, 1.807) is 0 Å². The van der Waals surface area contributed by atoms with Crippen LogP contribution in [0.3, 0.4) is 0 Å². The van der Waals surface area contributed by atoms with Crippen molar-refractivity contribution in [3.63, 3.8) is 0 Å². The van der Waals surface area contributed by atoms with Gasteiger partial charge in [0, 0.05) is 11.7 Å². The van der Waals surface area contributed by atoms with Gasteiger partial charge in [-0.2, -0.15) is 0 Å². The molecule has 0 heterocycles. The quantitative estimate of drug-likeness (QED) is 0.686. The molecule has 0 spiro atoms. The van der Waals surface area contributed by atoms with E-state index >= 15 is 0 Å². The van der Waals surface area contributed by atoms with Crippen molar-refractivity contribution in [1.29, 1.82) is 0 Å². The molecule has 2 rings (SSSR count). The van der Waals surface area contributed by atoms with Gasteiger partial charge in [-0.1, -0.05) is 52.7 Å². The van der Waals surface area contributed by atoms with Crippen LogP contribution in [-0.4, -0.2) is 6.04 Å². The van der Waals surface area contributed by atoms with E-state index in [1.165, 1.54) is 49.8 Å². The third-order valence-electron chi connectivity index (χ3n) is 5.15. The molecule has 0 saturated heterocycles. The minimum Gasteiger partial charge on any atom is -0.382 e. The molecular weight excluding hydrogens is 254 g/mol. The predicted octanol–water partition coefficient (Wildman–Crippen LogP) is 5.90. The van der Waals surface area contributed by atoms with Gasteiger partial charge in [0.2, 0.25) is 0 Å². The third-order valence-corrected chi connectivity index (χ3v) is 5.15. The highest BCUT2D eigenvalue weighted by Crippen LogP contribution is 2.35. The lowest BCUT2D eigenvalue weighted by Gasteiger charge is -2.38. The first-order valence-electron chi connectivity index (χ1n) is 8.95. The van der Waals surface area contributed by atoms with E-state index in [0.29, 0.717) is 6.04 Å². The molecule has 0 aromatic heterocycles. The van der Waals surface area contributed by atoms with Crippen molar-refractivity contribution in [1.82, 2.24) is 0 Å². The summed E-state index contributed by atoms with van der Waals surface area (Å²) in [7, 11) is 0. The van der Waals surface area contributed by atoms with Crippen molar-refractivity contribution >= 4 is 5.69 Å². The van der Waals surface area contributed by atoms with Crippen molar-refractivity contribution < 1.29 is 0 Å². The van der Waals surface area contributed by atoms with E-state index in [1.807, 2.05) is 0 Å². The fraction of sp³-hybridized carbons (Fsp3) is 0.700. The summed E-state index contributed by atoms with van der Waals surface area (Å²) in [5, 5.41) is 3.83. The van der Waals surface area contributed by atoms with Crippen LogP contribution in [0.25, 0.3) is 0 Å². The number of unbranched alkanes of at least 4 members (excludes halogenated alkanes) is 1. The van der Waals surface area contributed by atoms with Crippen LogP contribution >= 0.6 is 0 Å². The summed E-state index contributed by atoms with van der Waals surface area (Å²) in [4.78, 5) is 0. The predicted molar refractivity (Wildman–Crippen MR) is 93.8 cm³/mol. The van der Waals surface area contributed by atoms with Crippen molar-refractivity contribution in [3.8, 4) is 0 Å². The minimum absolute atomic E-state index is 0.648. The topological polar surface area (TPSA) is 12.0 Å². The second kappa shape index (κ2) is 7.87. The standard InChI is InChI=1S/C20H33N/c1-5-6-7-17-9-11-18(12-10-17)21-20-14-16(4)8-13-19(20)15(2)3/h9-12,15-16,19-21H,5-8,13-14H2,1-4H3. The molecule has 1 aromatic carbocycles. The second-order valence-electron chi connectivity index (χ2n) is 7.38. The summed E-state index contributed by atoms with van der Waals surface area (Å²) in [6.45, 7) is 9.41. The van der Waals surface area contributed by atoms with E-state index in [9.17, 15) is 0 Å². The Hall–Kier alpha value is -0.980. The number of hydrogen-bond donors (Lipinski definition) is 1. The Balaban J connectivity index is 1.98. The number of anilines is 1. The van der Waals surface area contributed by atoms with Crippen LogP contribution in [0.15, 0.2) is 24.3 Å². The number of hydrogen-bond acceptors (Lipinski definition) is 1. The highest BCUT2D eigenvalue weighted by molar-refractivity contribution is 5.45. The maximum absolute atomic E-state index is 3.83. The molecular formula is C20H33N. The molecule has 1 fully saturated rings. The Bertz CT molecular complexity index is 406. The first-order chi connectivity index (χ1) is 10.1. The summed E-state index contributed by atoms with van der Waals surface area (Å²) >= 11 is 0. The lowest BCUT2D eigenvalue weighted by atomic mass is 9.74. The third kappa shape index (κ3) is 4.76. The minimum atomic E-state index is 0.648. The Labute approximate surface area is 131 Å². The summed E-state index contributed by atoms with van der Waals surface area (Å²) < 4.78 is 0. The summed E-state index contributed by atoms with van der Waals surface area (Å²) in [6, 6.07) is 9.81. The zero-order valence-electron chi connectivity index (χ0n) is 14.4. The van der Waals surface area contributed by atoms with Crippen LogP contribution in [0.2, 0.25) is 0 Å². The fourth-order valence-corrected chi connectivity index (χ4v) is 3.73. The van der Waals surface area contributed by atoms with Gasteiger partial charge in [-0.3, -0.25) is 0 Å². The molecule has 1 N–H and O–H groups in total. The Morgan fingerprint density at radius 1 is 1.14 bits per heavy atom. The van der Waals surface area contributed by atoms with Crippen LogP contribution in [0.1, 0.15) is 65.4 Å². The number of nitrogens with one attached hydrogen (secondary N) is 1. The van der Waals surface area contributed by atoms with E-state index in [4.69, 9.17) is 0 Å². The molecule has 1 aliphatic rings. The van der Waals surface area contributed by atoms with Gasteiger partial charge in [-0.05, 0) is 61.1 Å². The highest BCUT2D eigenvalue weighted by atomic mass is 14.9. The molecule has 21 heavy (non-hydrogen) atoms. The molecule has 3 unspecified atom stereocenters. The maximum atomic E-state index is 3.83. The second-order valence-corrected chi connectivity index (χ2v) is 7.38. The Morgan fingerprint density at radius 2 is 1.86 bits per heavy atom. The Kier molecular flexibility index (Phi) is 6.14. The van der Waals surface area contributed by atoms with Crippen molar-refractivity contribution in [3.05, 3.63) is 29.8 Å². The van der Waals surface area contributed by atoms with Gasteiger partial charge in [0.25, 0.3) is 0 Å². The molecule has 1 aliphatic carbocycles. The molecule has 0 radical (unpaired) electrons. The van der Waals surface area contributed by atoms with Crippen LogP contribution in [0.4, 0.5) is 5.69 Å². The molecule has 1 saturated carbocycles. The summed E-state index contributed by atoms with van der Waals surface area (Å²) in [6.07, 6.45) is 7.88. The Morgan fingerprint density at radius 3 is 2.48 bits per heavy atom. The maximum Gasteiger partial charge on any atom is 0.0342 e. The molecule has 1 heteroatoms. The van der Waals surface area contributed by atoms with Gasteiger partial charge in [0.15, 0.2) is 0 Å². The normalized spacial score (nSPS) is 26.0. The fourth-order valence-electron chi connectivity index (χ4n) is 3.73. The van der Waals surface area contributed by atoms with E-state index in [-0.39, 0.29) is 0 Å². The van der Waals surface area contributed by atoms with Crippen LogP contribution in [-0.2, 0) is 6.42 Å². The summed E-state index contributed by atoms with van der Waals surface area (Å²) in [5.74, 6) is 2.46. The molecule has 118 valence electrons. The molecule has 0 aliphatic heterocycles. The van der Waals surface area contributed by atoms with Gasteiger partial charge in [0.05, 0.1) is 0 Å². The van der Waals surface area contributed by atoms with Crippen molar-refractivity contribution in [2.75, 3.05) is 5.32 Å². The van der Waals surface area contributed by atoms with E-state index in [2.05, 4.69) is 57.3 Å². The molecule has 0 bridgehead atoms.